The molecule has 0 saturated heterocycles. The molecule has 0 aliphatic rings. The van der Waals surface area contributed by atoms with Gasteiger partial charge in [-0.3, -0.25) is 10.1 Å². The minimum atomic E-state index is -0.662. The monoisotopic (exact) mass is 307 g/mol. The fraction of sp³-hybridized carbons (Fsp3) is 0.0714. The summed E-state index contributed by atoms with van der Waals surface area (Å²) in [4.78, 5) is 21.6. The first-order valence-electron chi connectivity index (χ1n) is 5.88. The lowest BCUT2D eigenvalue weighted by Crippen LogP contribution is -2.17. The Morgan fingerprint density at radius 3 is 2.52 bits per heavy atom. The molecule has 0 spiro atoms. The average Bonchev–Trinajstić information content (AvgIpc) is 2.47. The van der Waals surface area contributed by atoms with E-state index in [1.807, 2.05) is 0 Å². The predicted molar refractivity (Wildman–Crippen MR) is 75.7 cm³/mol. The molecule has 0 unspecified atom stereocenters. The predicted octanol–water partition coefficient (Wildman–Crippen LogP) is 3.23. The highest BCUT2D eigenvalue weighted by Gasteiger charge is 2.10. The van der Waals surface area contributed by atoms with Gasteiger partial charge in [0.15, 0.2) is 6.61 Å². The van der Waals surface area contributed by atoms with Gasteiger partial charge in [0.05, 0.1) is 11.0 Å². The molecular weight excluding hydrogens is 298 g/mol. The number of nitro benzene ring substituents is 1. The van der Waals surface area contributed by atoms with E-state index in [0.717, 1.165) is 0 Å². The number of nitrogens with zero attached hydrogens (tertiary/aromatic N) is 1. The molecule has 6 nitrogen and oxygen atoms in total. The van der Waals surface area contributed by atoms with Crippen molar-refractivity contribution in [2.45, 2.75) is 0 Å². The number of nitro groups is 1. The van der Waals surface area contributed by atoms with Crippen molar-refractivity contribution >= 4 is 23.3 Å². The molecule has 0 aromatic heterocycles. The van der Waals surface area contributed by atoms with Crippen molar-refractivity contribution < 1.29 is 19.2 Å². The number of rotatable bonds is 5. The molecular formula is C14H10ClNO5. The summed E-state index contributed by atoms with van der Waals surface area (Å²) in [7, 11) is 0. The number of benzene rings is 2. The molecule has 108 valence electrons. The molecule has 0 saturated carbocycles. The van der Waals surface area contributed by atoms with Crippen LogP contribution < -0.4 is 9.47 Å². The largest absolute Gasteiger partial charge is 0.482 e. The summed E-state index contributed by atoms with van der Waals surface area (Å²) in [6, 6.07) is 11.8. The van der Waals surface area contributed by atoms with Gasteiger partial charge in [-0.15, -0.1) is 0 Å². The van der Waals surface area contributed by atoms with E-state index in [-0.39, 0.29) is 18.0 Å². The van der Waals surface area contributed by atoms with Gasteiger partial charge >= 0.3 is 5.97 Å². The molecule has 0 aliphatic carbocycles. The Morgan fingerprint density at radius 1 is 1.14 bits per heavy atom. The van der Waals surface area contributed by atoms with Gasteiger partial charge in [-0.25, -0.2) is 4.79 Å². The lowest BCUT2D eigenvalue weighted by molar-refractivity contribution is -0.384. The van der Waals surface area contributed by atoms with E-state index in [4.69, 9.17) is 21.1 Å². The van der Waals surface area contributed by atoms with Gasteiger partial charge < -0.3 is 9.47 Å². The normalized spacial score (nSPS) is 9.95. The standard InChI is InChI=1S/C14H10ClNO5/c15-10-4-6-12(7-5-10)20-9-14(17)21-13-3-1-2-11(8-13)16(18)19/h1-8H,9H2. The second-order valence-corrected chi connectivity index (χ2v) is 4.41. The zero-order valence-corrected chi connectivity index (χ0v) is 11.4. The third-order valence-corrected chi connectivity index (χ3v) is 2.68. The summed E-state index contributed by atoms with van der Waals surface area (Å²) in [5, 5.41) is 11.2. The third-order valence-electron chi connectivity index (χ3n) is 2.43. The molecule has 0 fully saturated rings. The number of esters is 1. The van der Waals surface area contributed by atoms with E-state index in [9.17, 15) is 14.9 Å². The summed E-state index contributed by atoms with van der Waals surface area (Å²) in [5.41, 5.74) is -0.154. The molecule has 2 rings (SSSR count). The minimum Gasteiger partial charge on any atom is -0.482 e. The van der Waals surface area contributed by atoms with Crippen LogP contribution in [0.1, 0.15) is 0 Å². The summed E-state index contributed by atoms with van der Waals surface area (Å²) in [5.74, 6) is -0.102. The number of carbonyl (C=O) groups excluding carboxylic acids is 1. The van der Waals surface area contributed by atoms with Gasteiger partial charge in [0.1, 0.15) is 11.5 Å². The van der Waals surface area contributed by atoms with Crippen LogP contribution in [0.5, 0.6) is 11.5 Å². The Morgan fingerprint density at radius 2 is 1.86 bits per heavy atom. The number of non-ortho nitro benzene ring substituents is 1. The molecule has 21 heavy (non-hydrogen) atoms. The fourth-order valence-corrected chi connectivity index (χ4v) is 1.62. The van der Waals surface area contributed by atoms with E-state index in [1.165, 1.54) is 24.3 Å². The Labute approximate surface area is 125 Å². The first kappa shape index (κ1) is 14.8. The molecule has 0 aliphatic heterocycles. The van der Waals surface area contributed by atoms with Gasteiger partial charge in [0, 0.05) is 11.1 Å². The first-order valence-corrected chi connectivity index (χ1v) is 6.26. The number of ether oxygens (including phenoxy) is 2. The number of carbonyl (C=O) groups is 1. The first-order chi connectivity index (χ1) is 10.0. The van der Waals surface area contributed by atoms with Gasteiger partial charge in [-0.2, -0.15) is 0 Å². The zero-order chi connectivity index (χ0) is 15.2. The highest BCUT2D eigenvalue weighted by molar-refractivity contribution is 6.30. The highest BCUT2D eigenvalue weighted by atomic mass is 35.5. The van der Waals surface area contributed by atoms with Crippen LogP contribution in [0, 0.1) is 10.1 Å². The Hall–Kier alpha value is -2.60. The molecule has 0 bridgehead atoms. The molecule has 0 amide bonds. The summed E-state index contributed by atoms with van der Waals surface area (Å²) in [6.45, 7) is -0.315. The number of hydrogen-bond acceptors (Lipinski definition) is 5. The molecule has 2 aromatic rings. The summed E-state index contributed by atoms with van der Waals surface area (Å²) >= 11 is 5.72. The summed E-state index contributed by atoms with van der Waals surface area (Å²) in [6.07, 6.45) is 0. The fourth-order valence-electron chi connectivity index (χ4n) is 1.49. The zero-order valence-electron chi connectivity index (χ0n) is 10.7. The highest BCUT2D eigenvalue weighted by Crippen LogP contribution is 2.19. The van der Waals surface area contributed by atoms with Crippen molar-refractivity contribution in [1.82, 2.24) is 0 Å². The van der Waals surface area contributed by atoms with Gasteiger partial charge in [-0.05, 0) is 30.3 Å². The van der Waals surface area contributed by atoms with Crippen LogP contribution in [0.15, 0.2) is 48.5 Å². The van der Waals surface area contributed by atoms with Crippen molar-refractivity contribution in [3.05, 3.63) is 63.7 Å². The molecule has 7 heteroatoms. The second-order valence-electron chi connectivity index (χ2n) is 3.97. The van der Waals surface area contributed by atoms with Crippen molar-refractivity contribution in [1.29, 1.82) is 0 Å². The Bertz CT molecular complexity index is 657. The number of halogens is 1. The van der Waals surface area contributed by atoms with Crippen molar-refractivity contribution in [2.75, 3.05) is 6.61 Å². The van der Waals surface area contributed by atoms with Crippen LogP contribution in [-0.2, 0) is 4.79 Å². The summed E-state index contributed by atoms with van der Waals surface area (Å²) < 4.78 is 10.2. The molecule has 0 atom stereocenters. The maximum absolute atomic E-state index is 11.6. The maximum Gasteiger partial charge on any atom is 0.349 e. The van der Waals surface area contributed by atoms with Crippen molar-refractivity contribution in [3.8, 4) is 11.5 Å². The molecule has 0 radical (unpaired) electrons. The van der Waals surface area contributed by atoms with Crippen LogP contribution in [0.3, 0.4) is 0 Å². The Kier molecular flexibility index (Phi) is 4.73. The Balaban J connectivity index is 1.91. The lowest BCUT2D eigenvalue weighted by atomic mass is 10.3. The van der Waals surface area contributed by atoms with E-state index >= 15 is 0 Å². The SMILES string of the molecule is O=C(COc1ccc(Cl)cc1)Oc1cccc([N+](=O)[O-])c1. The van der Waals surface area contributed by atoms with Gasteiger partial charge in [-0.1, -0.05) is 17.7 Å². The topological polar surface area (TPSA) is 78.7 Å². The van der Waals surface area contributed by atoms with Crippen LogP contribution in [0.4, 0.5) is 5.69 Å². The maximum atomic E-state index is 11.6. The molecule has 0 N–H and O–H groups in total. The van der Waals surface area contributed by atoms with E-state index in [0.29, 0.717) is 10.8 Å². The van der Waals surface area contributed by atoms with Crippen LogP contribution in [0.25, 0.3) is 0 Å². The molecule has 0 heterocycles. The van der Waals surface area contributed by atoms with E-state index in [2.05, 4.69) is 0 Å². The smallest absolute Gasteiger partial charge is 0.349 e. The van der Waals surface area contributed by atoms with Crippen LogP contribution >= 0.6 is 11.6 Å². The van der Waals surface area contributed by atoms with E-state index < -0.39 is 10.9 Å². The quantitative estimate of drug-likeness (QED) is 0.367. The van der Waals surface area contributed by atoms with Crippen LogP contribution in [-0.4, -0.2) is 17.5 Å². The second kappa shape index (κ2) is 6.71. The molecule has 2 aromatic carbocycles. The van der Waals surface area contributed by atoms with Crippen LogP contribution in [0.2, 0.25) is 5.02 Å². The lowest BCUT2D eigenvalue weighted by Gasteiger charge is -2.06. The average molecular weight is 308 g/mol. The van der Waals surface area contributed by atoms with Crippen molar-refractivity contribution in [2.24, 2.45) is 0 Å². The van der Waals surface area contributed by atoms with Gasteiger partial charge in [0.25, 0.3) is 5.69 Å². The van der Waals surface area contributed by atoms with Gasteiger partial charge in [0.2, 0.25) is 0 Å². The number of hydrogen-bond donors (Lipinski definition) is 0. The van der Waals surface area contributed by atoms with Crippen molar-refractivity contribution in [3.63, 3.8) is 0 Å². The third kappa shape index (κ3) is 4.47. The minimum absolute atomic E-state index is 0.0916. The van der Waals surface area contributed by atoms with E-state index in [1.54, 1.807) is 24.3 Å².